The molecule has 2 saturated carbocycles. The van der Waals surface area contributed by atoms with Crippen LogP contribution in [0.1, 0.15) is 219 Å². The minimum Gasteiger partial charge on any atom is -0.508 e. The molecule has 4 unspecified atom stereocenters. The van der Waals surface area contributed by atoms with Crippen molar-refractivity contribution in [2.75, 3.05) is 0 Å². The third kappa shape index (κ3) is 45.0. The fraction of sp³-hybridized carbons (Fsp3) is 0.732. The van der Waals surface area contributed by atoms with E-state index in [2.05, 4.69) is 55.4 Å². The Labute approximate surface area is 401 Å². The average Bonchev–Trinajstić information content (AvgIpc) is 3.61. The van der Waals surface area contributed by atoms with Crippen molar-refractivity contribution in [2.24, 2.45) is 53.3 Å². The second kappa shape index (κ2) is 48.9. The second-order valence-electron chi connectivity index (χ2n) is 17.2. The molecule has 8 heteroatoms. The highest BCUT2D eigenvalue weighted by molar-refractivity contribution is 5.70. The zero-order chi connectivity index (χ0) is 41.4. The van der Waals surface area contributed by atoms with Crippen LogP contribution in [-0.4, -0.2) is 43.4 Å². The lowest BCUT2D eigenvalue weighted by Crippen LogP contribution is -2.25. The molecule has 4 atom stereocenters. The first-order valence-corrected chi connectivity index (χ1v) is 20.4. The molecule has 388 valence electrons. The molecule has 2 aliphatic carbocycles. The first kappa shape index (κ1) is 87.4. The molecule has 0 spiro atoms. The molecule has 0 aromatic heterocycles. The number of rotatable bonds is 12. The Morgan fingerprint density at radius 1 is 0.484 bits per heavy atom. The molecule has 2 aromatic rings. The monoisotopic (exact) mass is 917 g/mol. The minimum atomic E-state index is -0.696. The summed E-state index contributed by atoms with van der Waals surface area (Å²) in [5.74, 6) is 3.20. The fourth-order valence-corrected chi connectivity index (χ4v) is 6.54. The quantitative estimate of drug-likeness (QED) is 0.141. The first-order valence-electron chi connectivity index (χ1n) is 20.4. The van der Waals surface area contributed by atoms with Crippen LogP contribution in [0.15, 0.2) is 48.5 Å². The van der Waals surface area contributed by atoms with E-state index in [9.17, 15) is 14.4 Å². The zero-order valence-electron chi connectivity index (χ0n) is 35.3. The summed E-state index contributed by atoms with van der Waals surface area (Å²) in [5.41, 5.74) is 2.60. The van der Waals surface area contributed by atoms with Crippen LogP contribution in [0.3, 0.4) is 0 Å². The number of hydrogen-bond donors (Lipinski definition) is 5. The molecule has 0 saturated heterocycles. The lowest BCUT2D eigenvalue weighted by Gasteiger charge is -2.29. The van der Waals surface area contributed by atoms with E-state index in [0.717, 1.165) is 63.7 Å². The van der Waals surface area contributed by atoms with E-state index in [1.165, 1.54) is 24.0 Å². The Morgan fingerprint density at radius 3 is 1.12 bits per heavy atom. The largest absolute Gasteiger partial charge is 0.508 e. The third-order valence-electron chi connectivity index (χ3n) is 10.2. The molecule has 0 bridgehead atoms. The molecule has 64 heavy (non-hydrogen) atoms. The molecule has 0 radical (unpaired) electrons. The third-order valence-corrected chi connectivity index (χ3v) is 10.2. The van der Waals surface area contributed by atoms with Crippen molar-refractivity contribution in [1.29, 1.82) is 0 Å². The van der Waals surface area contributed by atoms with Crippen LogP contribution in [-0.2, 0) is 27.2 Å². The number of aromatic hydroxyl groups is 2. The maximum atomic E-state index is 10.7. The number of carboxylic acids is 3. The lowest BCUT2D eigenvalue weighted by molar-refractivity contribution is -0.144. The molecule has 2 fully saturated rings. The number of phenols is 2. The van der Waals surface area contributed by atoms with Crippen molar-refractivity contribution in [3.8, 4) is 11.5 Å². The smallest absolute Gasteiger partial charge is 0.306 e. The molecular weight excluding hydrogens is 801 g/mol. The number of hydrogen-bond acceptors (Lipinski definition) is 5. The van der Waals surface area contributed by atoms with Crippen molar-refractivity contribution in [3.63, 3.8) is 0 Å². The molecule has 5 N–H and O–H groups in total. The molecule has 4 rings (SSSR count). The van der Waals surface area contributed by atoms with Gasteiger partial charge in [0.15, 0.2) is 0 Å². The van der Waals surface area contributed by atoms with Gasteiger partial charge in [-0.2, -0.15) is 0 Å². The van der Waals surface area contributed by atoms with Crippen molar-refractivity contribution < 1.29 is 39.9 Å². The molecular formula is C56H116O8. The Bertz CT molecular complexity index is 1280. The number of carboxylic acid groups (broad SMARTS) is 3. The van der Waals surface area contributed by atoms with Crippen molar-refractivity contribution in [2.45, 2.75) is 221 Å². The van der Waals surface area contributed by atoms with Gasteiger partial charge < -0.3 is 25.5 Å². The summed E-state index contributed by atoms with van der Waals surface area (Å²) in [6.45, 7) is 21.6. The van der Waals surface area contributed by atoms with E-state index < -0.39 is 17.9 Å². The van der Waals surface area contributed by atoms with Gasteiger partial charge in [-0.25, -0.2) is 0 Å². The lowest BCUT2D eigenvalue weighted by atomic mass is 9.76. The van der Waals surface area contributed by atoms with Gasteiger partial charge in [0.2, 0.25) is 0 Å². The van der Waals surface area contributed by atoms with Crippen LogP contribution in [0.2, 0.25) is 0 Å². The van der Waals surface area contributed by atoms with Crippen LogP contribution in [0.4, 0.5) is 0 Å². The summed E-state index contributed by atoms with van der Waals surface area (Å²) in [6.07, 6.45) is 11.5. The molecule has 2 aliphatic rings. The Morgan fingerprint density at radius 2 is 0.844 bits per heavy atom. The zero-order valence-corrected chi connectivity index (χ0v) is 35.3. The molecule has 2 aromatic carbocycles. The van der Waals surface area contributed by atoms with Gasteiger partial charge in [-0.3, -0.25) is 14.4 Å². The standard InChI is InChI=1S/C11H16O.C10H18O2.C10H14O.C9H16O2.C6H12O2.10CH4/c1-9(2)3-4-10-5-7-11(12)8-6-10;1-7(2)8-4-3-5-9(6-8)10(11)12;1-8(2)7-9-3-5-10(11)6-4-9;1-6(2)7-3-4-8(5-7)9(10)11;1-5(2)3-4-6(7)8;;;;;;;;;;/h5-9,12H,3-4H2,1-2H3;7-9H,3-6H2,1-2H3,(H,11,12);3-6,8,11H,7H2,1-2H3;6-8H,3-5H2,1-2H3,(H,10,11);5H,3-4H2,1-2H3,(H,7,8);10*1H4. The van der Waals surface area contributed by atoms with E-state index in [-0.39, 0.29) is 86.1 Å². The number of aliphatic carboxylic acids is 3. The van der Waals surface area contributed by atoms with Gasteiger partial charge in [-0.05, 0) is 135 Å². The van der Waals surface area contributed by atoms with Gasteiger partial charge in [0.1, 0.15) is 11.5 Å². The van der Waals surface area contributed by atoms with Gasteiger partial charge in [0, 0.05) is 6.42 Å². The van der Waals surface area contributed by atoms with Crippen LogP contribution in [0, 0.1) is 53.3 Å². The summed E-state index contributed by atoms with van der Waals surface area (Å²) < 4.78 is 0. The van der Waals surface area contributed by atoms with Gasteiger partial charge >= 0.3 is 17.9 Å². The number of phenolic OH excluding ortho intramolecular Hbond substituents is 2. The number of benzene rings is 2. The summed E-state index contributed by atoms with van der Waals surface area (Å²) in [7, 11) is 0. The summed E-state index contributed by atoms with van der Waals surface area (Å²) in [5, 5.41) is 43.7. The Hall–Kier alpha value is -3.55. The second-order valence-corrected chi connectivity index (χ2v) is 17.2. The Kier molecular flexibility index (Phi) is 66.8. The highest BCUT2D eigenvalue weighted by atomic mass is 16.4. The van der Waals surface area contributed by atoms with E-state index in [1.54, 1.807) is 24.3 Å². The first-order chi connectivity index (χ1) is 25.2. The topological polar surface area (TPSA) is 152 Å². The highest BCUT2D eigenvalue weighted by Crippen LogP contribution is 2.35. The highest BCUT2D eigenvalue weighted by Gasteiger charge is 2.31. The van der Waals surface area contributed by atoms with Crippen molar-refractivity contribution in [1.82, 2.24) is 0 Å². The summed E-state index contributed by atoms with van der Waals surface area (Å²) in [4.78, 5) is 31.2. The van der Waals surface area contributed by atoms with Gasteiger partial charge in [0.05, 0.1) is 11.8 Å². The number of aryl methyl sites for hydroxylation is 1. The van der Waals surface area contributed by atoms with Crippen molar-refractivity contribution in [3.05, 3.63) is 59.7 Å². The van der Waals surface area contributed by atoms with Crippen LogP contribution in [0.5, 0.6) is 11.5 Å². The van der Waals surface area contributed by atoms with Crippen molar-refractivity contribution >= 4 is 17.9 Å². The average molecular weight is 918 g/mol. The number of carbonyl (C=O) groups is 3. The maximum absolute atomic E-state index is 10.7. The molecule has 0 amide bonds. The molecule has 0 aliphatic heterocycles. The van der Waals surface area contributed by atoms with Gasteiger partial charge in [0.25, 0.3) is 0 Å². The van der Waals surface area contributed by atoms with Gasteiger partial charge in [-0.15, -0.1) is 0 Å². The van der Waals surface area contributed by atoms with E-state index in [0.29, 0.717) is 53.4 Å². The van der Waals surface area contributed by atoms with E-state index in [1.807, 2.05) is 38.1 Å². The summed E-state index contributed by atoms with van der Waals surface area (Å²) >= 11 is 0. The predicted molar refractivity (Wildman–Crippen MR) is 288 cm³/mol. The molecule has 0 heterocycles. The fourth-order valence-electron chi connectivity index (χ4n) is 6.54. The van der Waals surface area contributed by atoms with Gasteiger partial charge in [-0.1, -0.05) is 181 Å². The maximum Gasteiger partial charge on any atom is 0.306 e. The van der Waals surface area contributed by atoms with Crippen LogP contribution in [0.25, 0.3) is 0 Å². The minimum absolute atomic E-state index is 0. The normalized spacial score (nSPS) is 16.1. The van der Waals surface area contributed by atoms with Crippen LogP contribution >= 0.6 is 0 Å². The van der Waals surface area contributed by atoms with Crippen LogP contribution < -0.4 is 0 Å². The van der Waals surface area contributed by atoms with E-state index >= 15 is 0 Å². The predicted octanol–water partition coefficient (Wildman–Crippen LogP) is 18.1. The summed E-state index contributed by atoms with van der Waals surface area (Å²) in [6, 6.07) is 14.9. The SMILES string of the molecule is C.C.C.C.C.C.C.C.C.C.CC(C)C1CCC(C(=O)O)C1.CC(C)C1CCCC(C(=O)O)C1.CC(C)CCC(=O)O.CC(C)CCc1ccc(O)cc1.CC(C)Cc1ccc(O)cc1. The Balaban J connectivity index is -0.0000000590. The molecule has 8 nitrogen and oxygen atoms in total. The van der Waals surface area contributed by atoms with E-state index in [4.69, 9.17) is 25.5 Å².